The van der Waals surface area contributed by atoms with Gasteiger partial charge in [-0.3, -0.25) is 9.69 Å². The number of hydrogen-bond acceptors (Lipinski definition) is 3. The number of carbonyl (C=O) groups is 1. The lowest BCUT2D eigenvalue weighted by molar-refractivity contribution is -0.124. The van der Waals surface area contributed by atoms with Crippen molar-refractivity contribution in [2.75, 3.05) is 13.1 Å². The van der Waals surface area contributed by atoms with Gasteiger partial charge in [0.2, 0.25) is 5.91 Å². The molecule has 112 valence electrons. The third-order valence-corrected chi connectivity index (χ3v) is 4.13. The molecule has 0 aliphatic carbocycles. The number of benzene rings is 1. The number of rotatable bonds is 3. The molecule has 1 aliphatic heterocycles. The van der Waals surface area contributed by atoms with Crippen molar-refractivity contribution in [3.63, 3.8) is 0 Å². The monoisotopic (exact) mass is 285 g/mol. The summed E-state index contributed by atoms with van der Waals surface area (Å²) in [6.07, 6.45) is 1.89. The Bertz CT molecular complexity index is 559. The van der Waals surface area contributed by atoms with Crippen molar-refractivity contribution in [3.8, 4) is 11.8 Å². The lowest BCUT2D eigenvalue weighted by Crippen LogP contribution is -2.45. The van der Waals surface area contributed by atoms with Crippen LogP contribution in [0.2, 0.25) is 0 Å². The summed E-state index contributed by atoms with van der Waals surface area (Å²) >= 11 is 0. The minimum absolute atomic E-state index is 0.0384. The van der Waals surface area contributed by atoms with E-state index in [4.69, 9.17) is 11.5 Å². The van der Waals surface area contributed by atoms with Crippen molar-refractivity contribution >= 4 is 5.91 Å². The van der Waals surface area contributed by atoms with Gasteiger partial charge in [0.25, 0.3) is 0 Å². The van der Waals surface area contributed by atoms with Gasteiger partial charge >= 0.3 is 0 Å². The molecule has 1 fully saturated rings. The van der Waals surface area contributed by atoms with E-state index in [1.165, 1.54) is 5.56 Å². The molecular formula is C17H23N3O. The number of carbonyl (C=O) groups excluding carboxylic acids is 1. The average Bonchev–Trinajstić information content (AvgIpc) is 2.48. The zero-order valence-electron chi connectivity index (χ0n) is 12.5. The van der Waals surface area contributed by atoms with E-state index in [1.807, 2.05) is 18.2 Å². The molecule has 2 atom stereocenters. The highest BCUT2D eigenvalue weighted by atomic mass is 16.1. The topological polar surface area (TPSA) is 72.4 Å². The molecule has 1 aromatic rings. The van der Waals surface area contributed by atoms with E-state index in [2.05, 4.69) is 29.7 Å². The smallest absolute Gasteiger partial charge is 0.221 e. The van der Waals surface area contributed by atoms with E-state index in [-0.39, 0.29) is 11.8 Å². The van der Waals surface area contributed by atoms with E-state index < -0.39 is 0 Å². The van der Waals surface area contributed by atoms with Crippen LogP contribution >= 0.6 is 0 Å². The number of likely N-dealkylation sites (tertiary alicyclic amines) is 1. The van der Waals surface area contributed by atoms with Crippen molar-refractivity contribution in [1.29, 1.82) is 0 Å². The van der Waals surface area contributed by atoms with Crippen LogP contribution in [0.25, 0.3) is 0 Å². The summed E-state index contributed by atoms with van der Waals surface area (Å²) in [7, 11) is 0. The second-order valence-electron chi connectivity index (χ2n) is 5.62. The average molecular weight is 285 g/mol. The molecule has 1 heterocycles. The van der Waals surface area contributed by atoms with Gasteiger partial charge < -0.3 is 11.5 Å². The molecule has 0 aromatic heterocycles. The fourth-order valence-corrected chi connectivity index (χ4v) is 2.78. The van der Waals surface area contributed by atoms with E-state index in [0.717, 1.165) is 31.5 Å². The Morgan fingerprint density at radius 3 is 2.86 bits per heavy atom. The summed E-state index contributed by atoms with van der Waals surface area (Å²) in [4.78, 5) is 13.7. The lowest BCUT2D eigenvalue weighted by atomic mass is 9.92. The SMILES string of the molecule is CC1CCC(C(N)=O)CN1Cc1ccccc1C#CCN. The Hall–Kier alpha value is -1.83. The number of primary amides is 1. The highest BCUT2D eigenvalue weighted by molar-refractivity contribution is 5.77. The van der Waals surface area contributed by atoms with Crippen molar-refractivity contribution in [1.82, 2.24) is 4.90 Å². The van der Waals surface area contributed by atoms with Gasteiger partial charge in [0.1, 0.15) is 0 Å². The molecule has 2 rings (SSSR count). The minimum Gasteiger partial charge on any atom is -0.369 e. The van der Waals surface area contributed by atoms with Crippen LogP contribution in [-0.2, 0) is 11.3 Å². The molecule has 0 bridgehead atoms. The number of amides is 1. The Morgan fingerprint density at radius 1 is 1.38 bits per heavy atom. The van der Waals surface area contributed by atoms with E-state index >= 15 is 0 Å². The van der Waals surface area contributed by atoms with Gasteiger partial charge in [-0.25, -0.2) is 0 Å². The third-order valence-electron chi connectivity index (χ3n) is 4.13. The maximum absolute atomic E-state index is 11.4. The molecule has 4 N–H and O–H groups in total. The molecule has 1 amide bonds. The second-order valence-corrected chi connectivity index (χ2v) is 5.62. The first-order valence-electron chi connectivity index (χ1n) is 7.42. The quantitative estimate of drug-likeness (QED) is 0.816. The van der Waals surface area contributed by atoms with Crippen LogP contribution in [0.1, 0.15) is 30.9 Å². The number of piperidine rings is 1. The van der Waals surface area contributed by atoms with Crippen molar-refractivity contribution < 1.29 is 4.79 Å². The fraction of sp³-hybridized carbons (Fsp3) is 0.471. The molecule has 0 spiro atoms. The molecule has 1 aliphatic rings. The maximum Gasteiger partial charge on any atom is 0.221 e. The fourth-order valence-electron chi connectivity index (χ4n) is 2.78. The van der Waals surface area contributed by atoms with Crippen molar-refractivity contribution in [2.24, 2.45) is 17.4 Å². The summed E-state index contributed by atoms with van der Waals surface area (Å²) in [5.41, 5.74) is 13.1. The van der Waals surface area contributed by atoms with E-state index in [9.17, 15) is 4.79 Å². The van der Waals surface area contributed by atoms with Gasteiger partial charge in [-0.2, -0.15) is 0 Å². The predicted molar refractivity (Wildman–Crippen MR) is 84.2 cm³/mol. The highest BCUT2D eigenvalue weighted by Crippen LogP contribution is 2.24. The Balaban J connectivity index is 2.14. The lowest BCUT2D eigenvalue weighted by Gasteiger charge is -2.37. The molecule has 1 saturated heterocycles. The van der Waals surface area contributed by atoms with Crippen LogP contribution in [0.3, 0.4) is 0 Å². The number of nitrogens with two attached hydrogens (primary N) is 2. The van der Waals surface area contributed by atoms with Crippen molar-refractivity contribution in [2.45, 2.75) is 32.4 Å². The molecule has 4 nitrogen and oxygen atoms in total. The van der Waals surface area contributed by atoms with Gasteiger partial charge in [0.15, 0.2) is 0 Å². The first-order chi connectivity index (χ1) is 10.1. The molecule has 0 radical (unpaired) electrons. The summed E-state index contributed by atoms with van der Waals surface area (Å²) < 4.78 is 0. The van der Waals surface area contributed by atoms with E-state index in [1.54, 1.807) is 0 Å². The predicted octanol–water partition coefficient (Wildman–Crippen LogP) is 1.08. The van der Waals surface area contributed by atoms with Crippen LogP contribution in [-0.4, -0.2) is 29.9 Å². The van der Waals surface area contributed by atoms with Crippen LogP contribution in [0, 0.1) is 17.8 Å². The number of nitrogens with zero attached hydrogens (tertiary/aromatic N) is 1. The zero-order chi connectivity index (χ0) is 15.2. The van der Waals surface area contributed by atoms with Crippen molar-refractivity contribution in [3.05, 3.63) is 35.4 Å². The van der Waals surface area contributed by atoms with Crippen LogP contribution < -0.4 is 11.5 Å². The summed E-state index contributed by atoms with van der Waals surface area (Å²) in [5, 5.41) is 0. The standard InChI is InChI=1S/C17H23N3O/c1-13-8-9-16(17(19)21)12-20(13)11-15-6-3-2-5-14(15)7-4-10-18/h2-3,5-6,13,16H,8-12,18H2,1H3,(H2,19,21). The Morgan fingerprint density at radius 2 is 2.14 bits per heavy atom. The first-order valence-corrected chi connectivity index (χ1v) is 7.42. The largest absolute Gasteiger partial charge is 0.369 e. The molecule has 4 heteroatoms. The highest BCUT2D eigenvalue weighted by Gasteiger charge is 2.28. The van der Waals surface area contributed by atoms with Gasteiger partial charge in [0, 0.05) is 24.7 Å². The summed E-state index contributed by atoms with van der Waals surface area (Å²) in [6.45, 7) is 4.08. The van der Waals surface area contributed by atoms with Crippen LogP contribution in [0.5, 0.6) is 0 Å². The zero-order valence-corrected chi connectivity index (χ0v) is 12.5. The minimum atomic E-state index is -0.192. The van der Waals surface area contributed by atoms with Crippen LogP contribution in [0.15, 0.2) is 24.3 Å². The molecule has 2 unspecified atom stereocenters. The van der Waals surface area contributed by atoms with Gasteiger partial charge in [0.05, 0.1) is 12.5 Å². The van der Waals surface area contributed by atoms with Gasteiger partial charge in [-0.05, 0) is 31.4 Å². The number of hydrogen-bond donors (Lipinski definition) is 2. The first kappa shape index (κ1) is 15.6. The summed E-state index contributed by atoms with van der Waals surface area (Å²) in [5.74, 6) is 5.79. The second kappa shape index (κ2) is 7.26. The molecule has 1 aromatic carbocycles. The normalized spacial score (nSPS) is 22.4. The van der Waals surface area contributed by atoms with Gasteiger partial charge in [-0.1, -0.05) is 30.0 Å². The maximum atomic E-state index is 11.4. The third kappa shape index (κ3) is 4.07. The summed E-state index contributed by atoms with van der Waals surface area (Å²) in [6, 6.07) is 8.55. The van der Waals surface area contributed by atoms with Gasteiger partial charge in [-0.15, -0.1) is 0 Å². The van der Waals surface area contributed by atoms with Crippen LogP contribution in [0.4, 0.5) is 0 Å². The Kier molecular flexibility index (Phi) is 5.38. The van der Waals surface area contributed by atoms with E-state index in [0.29, 0.717) is 12.6 Å². The molecular weight excluding hydrogens is 262 g/mol. The Labute approximate surface area is 126 Å². The molecule has 21 heavy (non-hydrogen) atoms. The molecule has 0 saturated carbocycles.